The van der Waals surface area contributed by atoms with Crippen LogP contribution in [0.5, 0.6) is 5.75 Å². The summed E-state index contributed by atoms with van der Waals surface area (Å²) in [6.45, 7) is 1.40. The van der Waals surface area contributed by atoms with Gasteiger partial charge in [-0.1, -0.05) is 18.2 Å². The van der Waals surface area contributed by atoms with Crippen molar-refractivity contribution >= 4 is 17.2 Å². The van der Waals surface area contributed by atoms with Crippen molar-refractivity contribution in [1.82, 2.24) is 15.1 Å². The number of carbonyl (C=O) groups excluding carboxylic acids is 1. The molecule has 1 fully saturated rings. The number of likely N-dealkylation sites (tertiary alicyclic amines) is 1. The molecule has 0 unspecified atom stereocenters. The zero-order valence-corrected chi connectivity index (χ0v) is 15.2. The quantitative estimate of drug-likeness (QED) is 0.699. The highest BCUT2D eigenvalue weighted by Crippen LogP contribution is 2.33. The molecule has 3 heterocycles. The minimum atomic E-state index is 0.110. The number of nitrogens with zero attached hydrogens (tertiary/aromatic N) is 3. The highest BCUT2D eigenvalue weighted by atomic mass is 32.1. The van der Waals surface area contributed by atoms with Crippen molar-refractivity contribution in [3.8, 4) is 17.2 Å². The van der Waals surface area contributed by atoms with Gasteiger partial charge in [0.25, 0.3) is 11.8 Å². The highest BCUT2D eigenvalue weighted by Gasteiger charge is 2.28. The molecule has 0 radical (unpaired) electrons. The largest absolute Gasteiger partial charge is 0.496 e. The Morgan fingerprint density at radius 2 is 2.00 bits per heavy atom. The SMILES string of the molecule is COc1ccccc1-c1nnc(C2CCN(C(=O)c3cccs3)CC2)o1. The summed E-state index contributed by atoms with van der Waals surface area (Å²) >= 11 is 1.48. The van der Waals surface area contributed by atoms with Gasteiger partial charge in [0, 0.05) is 19.0 Å². The molecule has 1 aromatic carbocycles. The number of carbonyl (C=O) groups is 1. The minimum absolute atomic E-state index is 0.110. The van der Waals surface area contributed by atoms with Crippen molar-refractivity contribution < 1.29 is 13.9 Å². The van der Waals surface area contributed by atoms with Crippen molar-refractivity contribution in [2.75, 3.05) is 20.2 Å². The van der Waals surface area contributed by atoms with Crippen LogP contribution in [0.4, 0.5) is 0 Å². The molecule has 4 rings (SSSR count). The number of hydrogen-bond donors (Lipinski definition) is 0. The number of thiophene rings is 1. The lowest BCUT2D eigenvalue weighted by Crippen LogP contribution is -2.37. The van der Waals surface area contributed by atoms with Crippen LogP contribution in [-0.2, 0) is 0 Å². The van der Waals surface area contributed by atoms with Gasteiger partial charge in [-0.15, -0.1) is 21.5 Å². The van der Waals surface area contributed by atoms with Crippen molar-refractivity contribution in [2.24, 2.45) is 0 Å². The standard InChI is InChI=1S/C19H19N3O3S/c1-24-15-6-3-2-5-14(15)18-21-20-17(25-18)13-8-10-22(11-9-13)19(23)16-7-4-12-26-16/h2-7,12-13H,8-11H2,1H3. The van der Waals surface area contributed by atoms with Crippen LogP contribution in [0.25, 0.3) is 11.5 Å². The predicted molar refractivity (Wildman–Crippen MR) is 98.5 cm³/mol. The average molecular weight is 369 g/mol. The summed E-state index contributed by atoms with van der Waals surface area (Å²) in [7, 11) is 1.62. The molecule has 134 valence electrons. The zero-order valence-electron chi connectivity index (χ0n) is 14.4. The number of para-hydroxylation sites is 1. The first-order chi connectivity index (χ1) is 12.8. The smallest absolute Gasteiger partial charge is 0.263 e. The third-order valence-corrected chi connectivity index (χ3v) is 5.50. The molecular formula is C19H19N3O3S. The molecule has 1 amide bonds. The first-order valence-electron chi connectivity index (χ1n) is 8.56. The molecular weight excluding hydrogens is 350 g/mol. The van der Waals surface area contributed by atoms with E-state index in [0.717, 1.165) is 23.3 Å². The Kier molecular flexibility index (Phi) is 4.71. The molecule has 7 heteroatoms. The van der Waals surface area contributed by atoms with Gasteiger partial charge in [-0.2, -0.15) is 0 Å². The molecule has 1 aliphatic rings. The van der Waals surface area contributed by atoms with Crippen LogP contribution < -0.4 is 4.74 Å². The summed E-state index contributed by atoms with van der Waals surface area (Å²) in [4.78, 5) is 15.1. The number of aromatic nitrogens is 2. The van der Waals surface area contributed by atoms with Gasteiger partial charge < -0.3 is 14.1 Å². The summed E-state index contributed by atoms with van der Waals surface area (Å²) in [6.07, 6.45) is 1.65. The molecule has 0 aliphatic carbocycles. The number of hydrogen-bond acceptors (Lipinski definition) is 6. The van der Waals surface area contributed by atoms with E-state index in [0.29, 0.717) is 30.6 Å². The van der Waals surface area contributed by atoms with E-state index >= 15 is 0 Å². The van der Waals surface area contributed by atoms with Gasteiger partial charge in [0.05, 0.1) is 17.6 Å². The van der Waals surface area contributed by atoms with Crippen LogP contribution in [0.2, 0.25) is 0 Å². The Morgan fingerprint density at radius 3 is 2.73 bits per heavy atom. The van der Waals surface area contributed by atoms with E-state index in [1.807, 2.05) is 46.7 Å². The molecule has 0 bridgehead atoms. The maximum Gasteiger partial charge on any atom is 0.263 e. The van der Waals surface area contributed by atoms with Crippen molar-refractivity contribution in [3.63, 3.8) is 0 Å². The van der Waals surface area contributed by atoms with E-state index in [1.54, 1.807) is 7.11 Å². The van der Waals surface area contributed by atoms with Gasteiger partial charge in [0.1, 0.15) is 5.75 Å². The summed E-state index contributed by atoms with van der Waals surface area (Å²) in [5.74, 6) is 2.10. The Balaban J connectivity index is 1.44. The Hall–Kier alpha value is -2.67. The van der Waals surface area contributed by atoms with Gasteiger partial charge in [0.15, 0.2) is 0 Å². The summed E-state index contributed by atoms with van der Waals surface area (Å²) in [5.41, 5.74) is 0.791. The summed E-state index contributed by atoms with van der Waals surface area (Å²) < 4.78 is 11.3. The number of rotatable bonds is 4. The van der Waals surface area contributed by atoms with Gasteiger partial charge in [0.2, 0.25) is 5.89 Å². The maximum absolute atomic E-state index is 12.4. The van der Waals surface area contributed by atoms with Crippen LogP contribution in [0.3, 0.4) is 0 Å². The highest BCUT2D eigenvalue weighted by molar-refractivity contribution is 7.12. The van der Waals surface area contributed by atoms with E-state index in [1.165, 1.54) is 11.3 Å². The summed E-state index contributed by atoms with van der Waals surface area (Å²) in [5, 5.41) is 10.4. The number of amides is 1. The van der Waals surface area contributed by atoms with Crippen molar-refractivity contribution in [1.29, 1.82) is 0 Å². The molecule has 1 aliphatic heterocycles. The fourth-order valence-corrected chi connectivity index (χ4v) is 3.91. The fourth-order valence-electron chi connectivity index (χ4n) is 3.22. The normalized spacial score (nSPS) is 15.2. The van der Waals surface area contributed by atoms with Crippen molar-refractivity contribution in [3.05, 3.63) is 52.5 Å². The van der Waals surface area contributed by atoms with Gasteiger partial charge in [-0.05, 0) is 36.4 Å². The monoisotopic (exact) mass is 369 g/mol. The number of piperidine rings is 1. The van der Waals surface area contributed by atoms with E-state index in [4.69, 9.17) is 9.15 Å². The number of methoxy groups -OCH3 is 1. The third-order valence-electron chi connectivity index (χ3n) is 4.64. The lowest BCUT2D eigenvalue weighted by Gasteiger charge is -2.30. The fraction of sp³-hybridized carbons (Fsp3) is 0.316. The zero-order chi connectivity index (χ0) is 17.9. The van der Waals surface area contributed by atoms with Gasteiger partial charge in [-0.3, -0.25) is 4.79 Å². The molecule has 26 heavy (non-hydrogen) atoms. The number of ether oxygens (including phenoxy) is 1. The molecule has 0 N–H and O–H groups in total. The Labute approximate surface area is 155 Å². The molecule has 6 nitrogen and oxygen atoms in total. The average Bonchev–Trinajstić information content (AvgIpc) is 3.39. The van der Waals surface area contributed by atoms with E-state index < -0.39 is 0 Å². The van der Waals surface area contributed by atoms with E-state index in [-0.39, 0.29) is 11.8 Å². The second-order valence-electron chi connectivity index (χ2n) is 6.19. The first-order valence-corrected chi connectivity index (χ1v) is 9.44. The number of benzene rings is 1. The second-order valence-corrected chi connectivity index (χ2v) is 7.14. The van der Waals surface area contributed by atoms with Crippen LogP contribution in [0.1, 0.15) is 34.3 Å². The lowest BCUT2D eigenvalue weighted by atomic mass is 9.97. The molecule has 0 atom stereocenters. The predicted octanol–water partition coefficient (Wildman–Crippen LogP) is 3.83. The molecule has 0 spiro atoms. The van der Waals surface area contributed by atoms with E-state index in [9.17, 15) is 4.79 Å². The Bertz CT molecular complexity index is 883. The van der Waals surface area contributed by atoms with E-state index in [2.05, 4.69) is 10.2 Å². The van der Waals surface area contributed by atoms with Crippen LogP contribution in [0, 0.1) is 0 Å². The van der Waals surface area contributed by atoms with Crippen LogP contribution in [0.15, 0.2) is 46.2 Å². The van der Waals surface area contributed by atoms with Crippen LogP contribution >= 0.6 is 11.3 Å². The lowest BCUT2D eigenvalue weighted by molar-refractivity contribution is 0.0711. The molecule has 1 saturated heterocycles. The van der Waals surface area contributed by atoms with Crippen molar-refractivity contribution in [2.45, 2.75) is 18.8 Å². The second kappa shape index (κ2) is 7.29. The minimum Gasteiger partial charge on any atom is -0.496 e. The van der Waals surface area contributed by atoms with Crippen LogP contribution in [-0.4, -0.2) is 41.2 Å². The van der Waals surface area contributed by atoms with Gasteiger partial charge >= 0.3 is 0 Å². The molecule has 2 aromatic heterocycles. The Morgan fingerprint density at radius 1 is 1.19 bits per heavy atom. The third kappa shape index (κ3) is 3.22. The molecule has 3 aromatic rings. The first kappa shape index (κ1) is 16.8. The maximum atomic E-state index is 12.4. The topological polar surface area (TPSA) is 68.5 Å². The van der Waals surface area contributed by atoms with Gasteiger partial charge in [-0.25, -0.2) is 0 Å². The summed E-state index contributed by atoms with van der Waals surface area (Å²) in [6, 6.07) is 11.4. The molecule has 0 saturated carbocycles.